The van der Waals surface area contributed by atoms with E-state index in [0.29, 0.717) is 4.88 Å². The van der Waals surface area contributed by atoms with Gasteiger partial charge in [-0.3, -0.25) is 0 Å². The second-order valence-corrected chi connectivity index (χ2v) is 5.68. The summed E-state index contributed by atoms with van der Waals surface area (Å²) in [4.78, 5) is 12.4. The van der Waals surface area contributed by atoms with Gasteiger partial charge in [0.05, 0.1) is 15.9 Å². The second-order valence-electron chi connectivity index (χ2n) is 3.89. The molecular weight excluding hydrogens is 292 g/mol. The molecule has 2 aromatic rings. The van der Waals surface area contributed by atoms with Crippen LogP contribution in [0.3, 0.4) is 0 Å². The lowest BCUT2D eigenvalue weighted by atomic mass is 10.1. The maximum atomic E-state index is 11.1. The van der Waals surface area contributed by atoms with Crippen LogP contribution >= 0.6 is 27.3 Å². The van der Waals surface area contributed by atoms with E-state index in [0.717, 1.165) is 20.7 Å². The molecule has 0 fully saturated rings. The van der Waals surface area contributed by atoms with Gasteiger partial charge in [-0.1, -0.05) is 13.8 Å². The van der Waals surface area contributed by atoms with E-state index in [1.165, 1.54) is 11.3 Å². The van der Waals surface area contributed by atoms with Crippen molar-refractivity contribution in [1.82, 2.24) is 9.61 Å². The van der Waals surface area contributed by atoms with Crippen LogP contribution in [0.4, 0.5) is 0 Å². The molecule has 0 radical (unpaired) electrons. The maximum absolute atomic E-state index is 11.1. The lowest BCUT2D eigenvalue weighted by Gasteiger charge is -2.03. The quantitative estimate of drug-likeness (QED) is 0.926. The van der Waals surface area contributed by atoms with Gasteiger partial charge in [0.15, 0.2) is 0 Å². The van der Waals surface area contributed by atoms with Gasteiger partial charge in [-0.05, 0) is 28.8 Å². The van der Waals surface area contributed by atoms with Crippen molar-refractivity contribution in [3.8, 4) is 0 Å². The van der Waals surface area contributed by atoms with E-state index in [1.54, 1.807) is 4.52 Å². The van der Waals surface area contributed by atoms with Crippen molar-refractivity contribution in [3.63, 3.8) is 0 Å². The molecule has 1 N–H and O–H groups in total. The highest BCUT2D eigenvalue weighted by molar-refractivity contribution is 9.10. The molecule has 0 spiro atoms. The van der Waals surface area contributed by atoms with Crippen molar-refractivity contribution in [2.75, 3.05) is 0 Å². The van der Waals surface area contributed by atoms with Crippen LogP contribution in [0.2, 0.25) is 0 Å². The van der Waals surface area contributed by atoms with Gasteiger partial charge >= 0.3 is 5.97 Å². The molecule has 0 atom stereocenters. The van der Waals surface area contributed by atoms with Crippen LogP contribution < -0.4 is 0 Å². The molecule has 0 bridgehead atoms. The van der Waals surface area contributed by atoms with Crippen molar-refractivity contribution in [1.29, 1.82) is 0 Å². The third-order valence-corrected chi connectivity index (χ3v) is 4.72. The minimum Gasteiger partial charge on any atom is -0.477 e. The highest BCUT2D eigenvalue weighted by Crippen LogP contribution is 2.34. The average molecular weight is 303 g/mol. The zero-order chi connectivity index (χ0) is 12.0. The highest BCUT2D eigenvalue weighted by atomic mass is 79.9. The first kappa shape index (κ1) is 11.6. The molecule has 0 saturated carbocycles. The van der Waals surface area contributed by atoms with Crippen molar-refractivity contribution in [3.05, 3.63) is 20.7 Å². The van der Waals surface area contributed by atoms with Gasteiger partial charge in [-0.2, -0.15) is 5.10 Å². The molecule has 0 aliphatic heterocycles. The van der Waals surface area contributed by atoms with Gasteiger partial charge in [0.1, 0.15) is 9.71 Å². The second kappa shape index (κ2) is 3.85. The fourth-order valence-electron chi connectivity index (χ4n) is 1.64. The van der Waals surface area contributed by atoms with Gasteiger partial charge < -0.3 is 5.11 Å². The first-order valence-electron chi connectivity index (χ1n) is 4.84. The van der Waals surface area contributed by atoms with Gasteiger partial charge in [-0.15, -0.1) is 11.3 Å². The molecule has 0 aliphatic carbocycles. The summed E-state index contributed by atoms with van der Waals surface area (Å²) in [6.45, 7) is 5.84. The van der Waals surface area contributed by atoms with Crippen LogP contribution in [-0.4, -0.2) is 20.7 Å². The van der Waals surface area contributed by atoms with Gasteiger partial charge in [-0.25, -0.2) is 9.31 Å². The van der Waals surface area contributed by atoms with Crippen molar-refractivity contribution < 1.29 is 9.90 Å². The lowest BCUT2D eigenvalue weighted by Crippen LogP contribution is -2.04. The molecule has 0 aliphatic rings. The Bertz CT molecular complexity index is 571. The van der Waals surface area contributed by atoms with Crippen molar-refractivity contribution >= 4 is 38.1 Å². The van der Waals surface area contributed by atoms with E-state index >= 15 is 0 Å². The summed E-state index contributed by atoms with van der Waals surface area (Å²) >= 11 is 4.69. The third kappa shape index (κ3) is 1.56. The minimum atomic E-state index is -0.885. The Labute approximate surface area is 105 Å². The van der Waals surface area contributed by atoms with Crippen molar-refractivity contribution in [2.24, 2.45) is 0 Å². The highest BCUT2D eigenvalue weighted by Gasteiger charge is 2.23. The van der Waals surface area contributed by atoms with E-state index in [4.69, 9.17) is 5.11 Å². The number of carboxylic acids is 1. The normalized spacial score (nSPS) is 11.6. The summed E-state index contributed by atoms with van der Waals surface area (Å²) in [6, 6.07) is 0. The van der Waals surface area contributed by atoms with Crippen LogP contribution in [0.5, 0.6) is 0 Å². The summed E-state index contributed by atoms with van der Waals surface area (Å²) in [7, 11) is 0. The van der Waals surface area contributed by atoms with E-state index < -0.39 is 5.97 Å². The van der Waals surface area contributed by atoms with E-state index in [2.05, 4.69) is 21.0 Å². The number of hydrogen-bond donors (Lipinski definition) is 1. The van der Waals surface area contributed by atoms with E-state index in [1.807, 2.05) is 20.8 Å². The van der Waals surface area contributed by atoms with Gasteiger partial charge in [0.2, 0.25) is 0 Å². The molecule has 6 heteroatoms. The maximum Gasteiger partial charge on any atom is 0.347 e. The topological polar surface area (TPSA) is 54.6 Å². The van der Waals surface area contributed by atoms with Crippen LogP contribution in [0.15, 0.2) is 4.47 Å². The van der Waals surface area contributed by atoms with Gasteiger partial charge in [0, 0.05) is 0 Å². The number of fused-ring (bicyclic) bond motifs is 1. The third-order valence-electron chi connectivity index (χ3n) is 2.35. The first-order valence-corrected chi connectivity index (χ1v) is 6.45. The van der Waals surface area contributed by atoms with Crippen LogP contribution in [0, 0.1) is 6.92 Å². The molecule has 0 aromatic carbocycles. The predicted octanol–water partition coefficient (Wildman–Crippen LogP) is 3.29. The van der Waals surface area contributed by atoms with Crippen LogP contribution in [0.25, 0.3) is 4.83 Å². The average Bonchev–Trinajstić information content (AvgIpc) is 2.66. The zero-order valence-corrected chi connectivity index (χ0v) is 11.5. The molecular formula is C10H11BrN2O2S. The van der Waals surface area contributed by atoms with E-state index in [9.17, 15) is 4.79 Å². The fourth-order valence-corrected chi connectivity index (χ4v) is 3.30. The Kier molecular flexibility index (Phi) is 2.79. The number of rotatable bonds is 2. The zero-order valence-electron chi connectivity index (χ0n) is 9.11. The minimum absolute atomic E-state index is 0.131. The summed E-state index contributed by atoms with van der Waals surface area (Å²) in [6.07, 6.45) is 0. The largest absolute Gasteiger partial charge is 0.477 e. The summed E-state index contributed by atoms with van der Waals surface area (Å²) in [5.74, 6) is -0.755. The van der Waals surface area contributed by atoms with Gasteiger partial charge in [0.25, 0.3) is 0 Å². The molecule has 16 heavy (non-hydrogen) atoms. The number of hydrogen-bond acceptors (Lipinski definition) is 3. The molecule has 2 heterocycles. The standard InChI is InChI=1S/C10H11BrN2O2S/c1-4(2)7-8(10(14)15)16-9-6(11)5(3)12-13(7)9/h4H,1-3H3,(H,14,15). The number of thiazole rings is 1. The molecule has 0 amide bonds. The predicted molar refractivity (Wildman–Crippen MR) is 66.6 cm³/mol. The molecule has 2 rings (SSSR count). The summed E-state index contributed by atoms with van der Waals surface area (Å²) < 4.78 is 2.62. The molecule has 0 unspecified atom stereocenters. The number of nitrogens with zero attached hydrogens (tertiary/aromatic N) is 2. The molecule has 0 saturated heterocycles. The Hall–Kier alpha value is -0.880. The Morgan fingerprint density at radius 2 is 2.19 bits per heavy atom. The van der Waals surface area contributed by atoms with Crippen molar-refractivity contribution in [2.45, 2.75) is 26.7 Å². The van der Waals surface area contributed by atoms with Crippen LogP contribution in [-0.2, 0) is 0 Å². The Morgan fingerprint density at radius 1 is 1.56 bits per heavy atom. The Morgan fingerprint density at radius 3 is 2.69 bits per heavy atom. The van der Waals surface area contributed by atoms with E-state index in [-0.39, 0.29) is 5.92 Å². The fraction of sp³-hybridized carbons (Fsp3) is 0.400. The molecule has 86 valence electrons. The summed E-state index contributed by atoms with van der Waals surface area (Å²) in [5.41, 5.74) is 1.64. The SMILES string of the molecule is Cc1nn2c(C(C)C)c(C(=O)O)sc2c1Br. The monoisotopic (exact) mass is 302 g/mol. The smallest absolute Gasteiger partial charge is 0.347 e. The first-order chi connectivity index (χ1) is 7.43. The number of halogens is 1. The Balaban J connectivity index is 2.84. The van der Waals surface area contributed by atoms with Crippen LogP contribution in [0.1, 0.15) is 40.8 Å². The summed E-state index contributed by atoms with van der Waals surface area (Å²) in [5, 5.41) is 13.5. The molecule has 4 nitrogen and oxygen atoms in total. The number of aromatic carboxylic acids is 1. The number of carboxylic acid groups (broad SMARTS) is 1. The number of aromatic nitrogens is 2. The molecule has 2 aromatic heterocycles. The lowest BCUT2D eigenvalue weighted by molar-refractivity contribution is 0.0700. The number of aryl methyl sites for hydroxylation is 1. The number of carbonyl (C=O) groups is 1.